The number of anilines is 1. The van der Waals surface area contributed by atoms with Gasteiger partial charge in [-0.05, 0) is 42.5 Å². The number of hydrogen-bond donors (Lipinski definition) is 1. The van der Waals surface area contributed by atoms with E-state index < -0.39 is 0 Å². The highest BCUT2D eigenvalue weighted by Crippen LogP contribution is 2.33. The highest BCUT2D eigenvalue weighted by atomic mass is 79.9. The monoisotopic (exact) mass is 354 g/mol. The van der Waals surface area contributed by atoms with E-state index in [0.717, 1.165) is 24.2 Å². The van der Waals surface area contributed by atoms with Crippen molar-refractivity contribution in [1.82, 2.24) is 5.32 Å². The molecule has 1 aliphatic rings. The van der Waals surface area contributed by atoms with E-state index in [4.69, 9.17) is 4.74 Å². The second kappa shape index (κ2) is 8.16. The molecule has 4 heteroatoms. The molecule has 1 aromatic rings. The maximum atomic E-state index is 5.10. The fraction of sp³-hybridized carbons (Fsp3) is 0.647. The first-order chi connectivity index (χ1) is 10.1. The van der Waals surface area contributed by atoms with Crippen LogP contribution in [0.2, 0.25) is 0 Å². The van der Waals surface area contributed by atoms with E-state index >= 15 is 0 Å². The molecule has 1 aromatic carbocycles. The summed E-state index contributed by atoms with van der Waals surface area (Å²) in [5.74, 6) is 0.699. The predicted octanol–water partition coefficient (Wildman–Crippen LogP) is 3.81. The molecule has 1 fully saturated rings. The van der Waals surface area contributed by atoms with E-state index in [1.165, 1.54) is 30.6 Å². The molecule has 0 radical (unpaired) electrons. The third-order valence-corrected chi connectivity index (χ3v) is 4.71. The molecule has 118 valence electrons. The number of rotatable bonds is 7. The Bertz CT molecular complexity index is 450. The zero-order chi connectivity index (χ0) is 15.2. The Morgan fingerprint density at radius 2 is 2.24 bits per heavy atom. The van der Waals surface area contributed by atoms with Gasteiger partial charge in [0, 0.05) is 42.9 Å². The number of nitrogens with one attached hydrogen (secondary N) is 1. The first-order valence-electron chi connectivity index (χ1n) is 7.88. The summed E-state index contributed by atoms with van der Waals surface area (Å²) in [4.78, 5) is 2.60. The Balaban J connectivity index is 2.14. The van der Waals surface area contributed by atoms with Crippen molar-refractivity contribution >= 4 is 21.6 Å². The van der Waals surface area contributed by atoms with Crippen molar-refractivity contribution < 1.29 is 4.74 Å². The van der Waals surface area contributed by atoms with Crippen LogP contribution < -0.4 is 10.2 Å². The van der Waals surface area contributed by atoms with Crippen molar-refractivity contribution in [2.24, 2.45) is 5.92 Å². The Kier molecular flexibility index (Phi) is 6.52. The number of benzene rings is 1. The first-order valence-corrected chi connectivity index (χ1v) is 8.67. The summed E-state index contributed by atoms with van der Waals surface area (Å²) in [5.41, 5.74) is 2.76. The molecule has 0 aliphatic carbocycles. The van der Waals surface area contributed by atoms with Crippen LogP contribution in [0.1, 0.15) is 32.3 Å². The lowest BCUT2D eigenvalue weighted by Gasteiger charge is -2.31. The summed E-state index contributed by atoms with van der Waals surface area (Å²) in [6, 6.07) is 7.33. The second-order valence-electron chi connectivity index (χ2n) is 6.09. The van der Waals surface area contributed by atoms with Crippen LogP contribution in [-0.2, 0) is 11.3 Å². The topological polar surface area (TPSA) is 24.5 Å². The van der Waals surface area contributed by atoms with Gasteiger partial charge in [-0.25, -0.2) is 0 Å². The van der Waals surface area contributed by atoms with E-state index in [0.29, 0.717) is 12.0 Å². The lowest BCUT2D eigenvalue weighted by Crippen LogP contribution is -2.34. The zero-order valence-corrected chi connectivity index (χ0v) is 14.9. The number of halogens is 1. The van der Waals surface area contributed by atoms with Crippen LogP contribution in [0, 0.1) is 5.92 Å². The van der Waals surface area contributed by atoms with Crippen molar-refractivity contribution in [1.29, 1.82) is 0 Å². The van der Waals surface area contributed by atoms with E-state index in [2.05, 4.69) is 58.2 Å². The Morgan fingerprint density at radius 3 is 2.95 bits per heavy atom. The van der Waals surface area contributed by atoms with Crippen LogP contribution in [0.4, 0.5) is 5.69 Å². The molecule has 1 saturated heterocycles. The van der Waals surface area contributed by atoms with Gasteiger partial charge in [-0.3, -0.25) is 0 Å². The molecule has 1 aliphatic heterocycles. The summed E-state index contributed by atoms with van der Waals surface area (Å²) in [7, 11) is 1.74. The van der Waals surface area contributed by atoms with Crippen LogP contribution in [0.5, 0.6) is 0 Å². The van der Waals surface area contributed by atoms with E-state index in [-0.39, 0.29) is 0 Å². The highest BCUT2D eigenvalue weighted by Gasteiger charge is 2.28. The van der Waals surface area contributed by atoms with E-state index in [1.54, 1.807) is 7.11 Å². The van der Waals surface area contributed by atoms with Crippen molar-refractivity contribution in [3.8, 4) is 0 Å². The molecule has 0 spiro atoms. The molecule has 2 rings (SSSR count). The molecule has 21 heavy (non-hydrogen) atoms. The lowest BCUT2D eigenvalue weighted by atomic mass is 10.0. The average molecular weight is 355 g/mol. The van der Waals surface area contributed by atoms with Gasteiger partial charge in [0.2, 0.25) is 0 Å². The Labute approximate surface area is 137 Å². The van der Waals surface area contributed by atoms with E-state index in [9.17, 15) is 0 Å². The Morgan fingerprint density at radius 1 is 1.43 bits per heavy atom. The van der Waals surface area contributed by atoms with Crippen molar-refractivity contribution in [3.05, 3.63) is 28.2 Å². The van der Waals surface area contributed by atoms with Gasteiger partial charge in [-0.1, -0.05) is 29.8 Å². The highest BCUT2D eigenvalue weighted by molar-refractivity contribution is 9.10. The number of ether oxygens (including phenoxy) is 1. The predicted molar refractivity (Wildman–Crippen MR) is 92.9 cm³/mol. The molecule has 1 N–H and O–H groups in total. The number of hydrogen-bond acceptors (Lipinski definition) is 3. The first kappa shape index (κ1) is 16.8. The summed E-state index contributed by atoms with van der Waals surface area (Å²) < 4.78 is 6.25. The molecule has 0 aromatic heterocycles. The summed E-state index contributed by atoms with van der Waals surface area (Å²) in [6.07, 6.45) is 2.61. The number of nitrogens with zero attached hydrogens (tertiary/aromatic N) is 1. The molecule has 3 nitrogen and oxygen atoms in total. The van der Waals surface area contributed by atoms with Gasteiger partial charge in [0.15, 0.2) is 0 Å². The zero-order valence-electron chi connectivity index (χ0n) is 13.4. The lowest BCUT2D eigenvalue weighted by molar-refractivity contribution is 0.199. The molecular formula is C17H27BrN2O. The minimum atomic E-state index is 0.670. The summed E-state index contributed by atoms with van der Waals surface area (Å²) in [5, 5.41) is 3.47. The largest absolute Gasteiger partial charge is 0.383 e. The van der Waals surface area contributed by atoms with Gasteiger partial charge < -0.3 is 15.0 Å². The van der Waals surface area contributed by atoms with Crippen molar-refractivity contribution in [2.75, 3.05) is 31.7 Å². The third kappa shape index (κ3) is 4.44. The molecule has 1 unspecified atom stereocenters. The fourth-order valence-corrected chi connectivity index (χ4v) is 3.57. The smallest absolute Gasteiger partial charge is 0.0587 e. The quantitative estimate of drug-likeness (QED) is 0.753. The van der Waals surface area contributed by atoms with Crippen molar-refractivity contribution in [3.63, 3.8) is 0 Å². The minimum absolute atomic E-state index is 0.670. The van der Waals surface area contributed by atoms with Crippen LogP contribution in [0.25, 0.3) is 0 Å². The standard InChI is InChI=1S/C17H27BrN2O/c1-13(2)16-5-4-9-20(16)17-7-6-15(18)11-14(17)12-19-8-10-21-3/h6-7,11,13,16,19H,4-5,8-10,12H2,1-3H3. The van der Waals surface area contributed by atoms with Gasteiger partial charge in [-0.2, -0.15) is 0 Å². The molecule has 0 saturated carbocycles. The summed E-state index contributed by atoms with van der Waals surface area (Å²) in [6.45, 7) is 8.36. The Hall–Kier alpha value is -0.580. The molecule has 1 atom stereocenters. The van der Waals surface area contributed by atoms with Crippen LogP contribution in [-0.4, -0.2) is 32.8 Å². The average Bonchev–Trinajstić information content (AvgIpc) is 2.93. The van der Waals surface area contributed by atoms with Crippen LogP contribution >= 0.6 is 15.9 Å². The maximum Gasteiger partial charge on any atom is 0.0587 e. The third-order valence-electron chi connectivity index (χ3n) is 4.22. The molecule has 0 bridgehead atoms. The van der Waals surface area contributed by atoms with Crippen LogP contribution in [0.3, 0.4) is 0 Å². The number of methoxy groups -OCH3 is 1. The van der Waals surface area contributed by atoms with Gasteiger partial charge in [0.25, 0.3) is 0 Å². The fourth-order valence-electron chi connectivity index (χ4n) is 3.16. The van der Waals surface area contributed by atoms with Gasteiger partial charge in [0.05, 0.1) is 6.61 Å². The van der Waals surface area contributed by atoms with Gasteiger partial charge in [-0.15, -0.1) is 0 Å². The molecule has 0 amide bonds. The second-order valence-corrected chi connectivity index (χ2v) is 7.01. The van der Waals surface area contributed by atoms with Gasteiger partial charge >= 0.3 is 0 Å². The van der Waals surface area contributed by atoms with Crippen molar-refractivity contribution in [2.45, 2.75) is 39.3 Å². The molecular weight excluding hydrogens is 328 g/mol. The SMILES string of the molecule is COCCNCc1cc(Br)ccc1N1CCCC1C(C)C. The van der Waals surface area contributed by atoms with E-state index in [1.807, 2.05) is 0 Å². The normalized spacial score (nSPS) is 18.7. The van der Waals surface area contributed by atoms with Gasteiger partial charge in [0.1, 0.15) is 0 Å². The van der Waals surface area contributed by atoms with Crippen LogP contribution in [0.15, 0.2) is 22.7 Å². The maximum absolute atomic E-state index is 5.10. The summed E-state index contributed by atoms with van der Waals surface area (Å²) >= 11 is 3.60. The molecule has 1 heterocycles. The minimum Gasteiger partial charge on any atom is -0.383 e.